The summed E-state index contributed by atoms with van der Waals surface area (Å²) >= 11 is 0. The van der Waals surface area contributed by atoms with Crippen LogP contribution in [0.5, 0.6) is 5.75 Å². The van der Waals surface area contributed by atoms with Crippen LogP contribution in [-0.2, 0) is 6.42 Å². The Morgan fingerprint density at radius 3 is 2.53 bits per heavy atom. The molecule has 0 heterocycles. The van der Waals surface area contributed by atoms with Gasteiger partial charge >= 0.3 is 0 Å². The molecule has 0 atom stereocenters. The Morgan fingerprint density at radius 2 is 1.84 bits per heavy atom. The van der Waals surface area contributed by atoms with Crippen LogP contribution in [0.3, 0.4) is 0 Å². The topological polar surface area (TPSA) is 26.3 Å². The van der Waals surface area contributed by atoms with Gasteiger partial charge in [-0.2, -0.15) is 0 Å². The molecule has 0 N–H and O–H groups in total. The van der Waals surface area contributed by atoms with Crippen LogP contribution >= 0.6 is 0 Å². The van der Waals surface area contributed by atoms with Gasteiger partial charge in [-0.1, -0.05) is 36.1 Å². The highest BCUT2D eigenvalue weighted by Gasteiger charge is 1.97. The summed E-state index contributed by atoms with van der Waals surface area (Å²) in [6, 6.07) is 15.1. The Labute approximate surface area is 113 Å². The largest absolute Gasteiger partial charge is 0.497 e. The number of carbonyl (C=O) groups excluding carboxylic acids is 1. The number of hydrogen-bond acceptors (Lipinski definition) is 2. The zero-order valence-corrected chi connectivity index (χ0v) is 10.7. The van der Waals surface area contributed by atoms with Crippen LogP contribution in [0.2, 0.25) is 0 Å². The number of hydrogen-bond donors (Lipinski definition) is 0. The molecule has 0 saturated heterocycles. The molecule has 0 radical (unpaired) electrons. The van der Waals surface area contributed by atoms with Crippen molar-refractivity contribution in [1.82, 2.24) is 0 Å². The summed E-state index contributed by atoms with van der Waals surface area (Å²) in [5.74, 6) is 6.97. The number of benzene rings is 2. The van der Waals surface area contributed by atoms with Gasteiger partial charge in [0.2, 0.25) is 0 Å². The lowest BCUT2D eigenvalue weighted by Gasteiger charge is -1.99. The summed E-state index contributed by atoms with van der Waals surface area (Å²) in [5, 5.41) is 0. The molecule has 0 bridgehead atoms. The molecule has 0 aromatic heterocycles. The van der Waals surface area contributed by atoms with Gasteiger partial charge in [0.05, 0.1) is 7.11 Å². The second kappa shape index (κ2) is 6.42. The van der Waals surface area contributed by atoms with Crippen LogP contribution in [0.1, 0.15) is 21.5 Å². The van der Waals surface area contributed by atoms with E-state index in [1.165, 1.54) is 0 Å². The number of methoxy groups -OCH3 is 1. The molecular weight excluding hydrogens is 236 g/mol. The maximum absolute atomic E-state index is 10.9. The second-order valence-electron chi connectivity index (χ2n) is 4.02. The first-order valence-corrected chi connectivity index (χ1v) is 5.99. The van der Waals surface area contributed by atoms with Crippen molar-refractivity contribution in [2.24, 2.45) is 0 Å². The molecule has 2 rings (SSSR count). The van der Waals surface area contributed by atoms with Crippen LogP contribution in [-0.4, -0.2) is 13.4 Å². The third-order valence-corrected chi connectivity index (χ3v) is 2.78. The Bertz CT molecular complexity index is 616. The molecule has 0 fully saturated rings. The van der Waals surface area contributed by atoms with E-state index in [0.717, 1.165) is 23.2 Å². The lowest BCUT2D eigenvalue weighted by atomic mass is 10.1. The molecule has 0 aliphatic heterocycles. The van der Waals surface area contributed by atoms with E-state index in [-0.39, 0.29) is 0 Å². The molecule has 2 nitrogen and oxygen atoms in total. The highest BCUT2D eigenvalue weighted by molar-refractivity contribution is 5.77. The average molecular weight is 250 g/mol. The molecule has 0 unspecified atom stereocenters. The minimum Gasteiger partial charge on any atom is -0.497 e. The van der Waals surface area contributed by atoms with Crippen molar-refractivity contribution in [1.29, 1.82) is 0 Å². The molecule has 2 aromatic rings. The zero-order chi connectivity index (χ0) is 13.5. The molecule has 2 heteroatoms. The van der Waals surface area contributed by atoms with Gasteiger partial charge in [-0.25, -0.2) is 0 Å². The summed E-state index contributed by atoms with van der Waals surface area (Å²) in [6.45, 7) is 0. The second-order valence-corrected chi connectivity index (χ2v) is 4.02. The van der Waals surface area contributed by atoms with Crippen molar-refractivity contribution < 1.29 is 9.53 Å². The van der Waals surface area contributed by atoms with Crippen LogP contribution in [0, 0.1) is 11.8 Å². The van der Waals surface area contributed by atoms with Gasteiger partial charge in [-0.05, 0) is 29.8 Å². The molecule has 2 aromatic carbocycles. The van der Waals surface area contributed by atoms with Crippen molar-refractivity contribution in [2.45, 2.75) is 6.42 Å². The first kappa shape index (κ1) is 12.9. The van der Waals surface area contributed by atoms with E-state index in [0.29, 0.717) is 12.0 Å². The maximum atomic E-state index is 10.9. The zero-order valence-electron chi connectivity index (χ0n) is 10.7. The molecule has 0 amide bonds. The van der Waals surface area contributed by atoms with E-state index in [2.05, 4.69) is 11.8 Å². The number of aldehydes is 1. The van der Waals surface area contributed by atoms with Crippen LogP contribution in [0.25, 0.3) is 0 Å². The fourth-order valence-electron chi connectivity index (χ4n) is 1.73. The van der Waals surface area contributed by atoms with Crippen LogP contribution in [0.15, 0.2) is 48.5 Å². The monoisotopic (exact) mass is 250 g/mol. The summed E-state index contributed by atoms with van der Waals surface area (Å²) in [4.78, 5) is 10.9. The SMILES string of the molecule is COc1ccc(C#CCc2ccccc2C=O)cc1. The first-order valence-electron chi connectivity index (χ1n) is 5.99. The third-order valence-electron chi connectivity index (χ3n) is 2.78. The molecule has 0 aliphatic carbocycles. The highest BCUT2D eigenvalue weighted by atomic mass is 16.5. The Kier molecular flexibility index (Phi) is 4.36. The summed E-state index contributed by atoms with van der Waals surface area (Å²) in [7, 11) is 1.64. The van der Waals surface area contributed by atoms with E-state index in [1.54, 1.807) is 13.2 Å². The Balaban J connectivity index is 2.09. The van der Waals surface area contributed by atoms with Crippen molar-refractivity contribution in [3.63, 3.8) is 0 Å². The van der Waals surface area contributed by atoms with Crippen molar-refractivity contribution >= 4 is 6.29 Å². The summed E-state index contributed by atoms with van der Waals surface area (Å²) in [5.41, 5.74) is 2.59. The van der Waals surface area contributed by atoms with Gasteiger partial charge in [0.25, 0.3) is 0 Å². The summed E-state index contributed by atoms with van der Waals surface area (Å²) < 4.78 is 5.09. The van der Waals surface area contributed by atoms with Gasteiger partial charge in [-0.15, -0.1) is 0 Å². The van der Waals surface area contributed by atoms with Crippen LogP contribution in [0.4, 0.5) is 0 Å². The van der Waals surface area contributed by atoms with Crippen molar-refractivity contribution in [3.8, 4) is 17.6 Å². The van der Waals surface area contributed by atoms with Gasteiger partial charge in [0, 0.05) is 17.5 Å². The average Bonchev–Trinajstić information content (AvgIpc) is 2.48. The highest BCUT2D eigenvalue weighted by Crippen LogP contribution is 2.10. The molecule has 0 saturated carbocycles. The molecule has 0 spiro atoms. The van der Waals surface area contributed by atoms with Gasteiger partial charge < -0.3 is 4.74 Å². The quantitative estimate of drug-likeness (QED) is 0.618. The van der Waals surface area contributed by atoms with Gasteiger partial charge in [-0.3, -0.25) is 4.79 Å². The fraction of sp³-hybridized carbons (Fsp3) is 0.118. The smallest absolute Gasteiger partial charge is 0.150 e. The van der Waals surface area contributed by atoms with Gasteiger partial charge in [0.1, 0.15) is 12.0 Å². The third kappa shape index (κ3) is 3.46. The predicted molar refractivity (Wildman–Crippen MR) is 75.4 cm³/mol. The Morgan fingerprint density at radius 1 is 1.11 bits per heavy atom. The van der Waals surface area contributed by atoms with Crippen molar-refractivity contribution in [2.75, 3.05) is 7.11 Å². The lowest BCUT2D eigenvalue weighted by molar-refractivity contribution is 0.112. The predicted octanol–water partition coefficient (Wildman–Crippen LogP) is 3.10. The van der Waals surface area contributed by atoms with Crippen molar-refractivity contribution in [3.05, 3.63) is 65.2 Å². The molecular formula is C17H14O2. The van der Waals surface area contributed by atoms with E-state index < -0.39 is 0 Å². The van der Waals surface area contributed by atoms with Crippen LogP contribution < -0.4 is 4.74 Å². The number of ether oxygens (including phenoxy) is 1. The Hall–Kier alpha value is -2.53. The first-order chi connectivity index (χ1) is 9.33. The summed E-state index contributed by atoms with van der Waals surface area (Å²) in [6.07, 6.45) is 1.44. The standard InChI is InChI=1S/C17H14O2/c1-19-17-11-9-14(10-12-17)5-4-8-15-6-2-3-7-16(15)13-18/h2-3,6-7,9-13H,8H2,1H3. The van der Waals surface area contributed by atoms with E-state index in [1.807, 2.05) is 42.5 Å². The minimum absolute atomic E-state index is 0.570. The molecule has 94 valence electrons. The molecule has 0 aliphatic rings. The number of rotatable bonds is 3. The van der Waals surface area contributed by atoms with E-state index in [4.69, 9.17) is 4.74 Å². The molecule has 19 heavy (non-hydrogen) atoms. The maximum Gasteiger partial charge on any atom is 0.150 e. The minimum atomic E-state index is 0.570. The number of carbonyl (C=O) groups is 1. The van der Waals surface area contributed by atoms with E-state index in [9.17, 15) is 4.79 Å². The lowest BCUT2D eigenvalue weighted by Crippen LogP contribution is -1.90. The fourth-order valence-corrected chi connectivity index (χ4v) is 1.73. The van der Waals surface area contributed by atoms with Gasteiger partial charge in [0.15, 0.2) is 0 Å². The van der Waals surface area contributed by atoms with E-state index >= 15 is 0 Å². The normalized spacial score (nSPS) is 9.32.